The second-order valence-electron chi connectivity index (χ2n) is 4.11. The third-order valence-corrected chi connectivity index (χ3v) is 2.59. The standard InChI is InChI=1S/C11H9N5O6/c17-6-3-1-5(2-4-6)8(18)14-15-11-12-9(19)7(16(21)22)10(20)13-11/h1-4,7,17H,(H,14,18)(H2,12,13,15,19,20). The van der Waals surface area contributed by atoms with Crippen LogP contribution in [0.3, 0.4) is 0 Å². The first-order valence-corrected chi connectivity index (χ1v) is 5.81. The van der Waals surface area contributed by atoms with E-state index < -0.39 is 34.6 Å². The Bertz CT molecular complexity index is 663. The van der Waals surface area contributed by atoms with E-state index in [1.165, 1.54) is 24.3 Å². The van der Waals surface area contributed by atoms with Gasteiger partial charge >= 0.3 is 17.9 Å². The molecule has 0 aromatic heterocycles. The summed E-state index contributed by atoms with van der Waals surface area (Å²) in [5.41, 5.74) is 2.21. The Morgan fingerprint density at radius 1 is 1.23 bits per heavy atom. The zero-order valence-electron chi connectivity index (χ0n) is 10.8. The third kappa shape index (κ3) is 3.15. The number of carbonyl (C=O) groups excluding carboxylic acids is 3. The summed E-state index contributed by atoms with van der Waals surface area (Å²) in [5.74, 6) is -3.45. The van der Waals surface area contributed by atoms with E-state index in [1.807, 2.05) is 16.1 Å². The molecule has 0 unspecified atom stereocenters. The van der Waals surface area contributed by atoms with Crippen molar-refractivity contribution in [3.8, 4) is 5.75 Å². The number of aromatic hydroxyl groups is 1. The summed E-state index contributed by atoms with van der Waals surface area (Å²) in [6, 6.07) is 3.16. The van der Waals surface area contributed by atoms with Crippen LogP contribution in [0.15, 0.2) is 29.4 Å². The monoisotopic (exact) mass is 307 g/mol. The summed E-state index contributed by atoms with van der Waals surface area (Å²) in [4.78, 5) is 43.9. The number of hydrogen-bond donors (Lipinski definition) is 4. The van der Waals surface area contributed by atoms with Crippen LogP contribution in [0.25, 0.3) is 0 Å². The number of nitrogens with zero attached hydrogens (tertiary/aromatic N) is 2. The Morgan fingerprint density at radius 2 is 1.77 bits per heavy atom. The van der Waals surface area contributed by atoms with Crippen LogP contribution in [-0.2, 0) is 9.59 Å². The van der Waals surface area contributed by atoms with E-state index in [0.717, 1.165) is 0 Å². The molecule has 0 atom stereocenters. The molecule has 3 amide bonds. The molecule has 22 heavy (non-hydrogen) atoms. The molecule has 1 aliphatic heterocycles. The number of guanidine groups is 1. The summed E-state index contributed by atoms with van der Waals surface area (Å²) in [6.45, 7) is 0. The molecule has 114 valence electrons. The van der Waals surface area contributed by atoms with Crippen LogP contribution in [-0.4, -0.2) is 39.8 Å². The molecule has 1 aromatic carbocycles. The molecule has 11 nitrogen and oxygen atoms in total. The average molecular weight is 307 g/mol. The van der Waals surface area contributed by atoms with Crippen molar-refractivity contribution in [2.45, 2.75) is 6.04 Å². The lowest BCUT2D eigenvalue weighted by atomic mass is 10.2. The van der Waals surface area contributed by atoms with Gasteiger partial charge in [-0.1, -0.05) is 0 Å². The molecule has 0 bridgehead atoms. The van der Waals surface area contributed by atoms with Crippen molar-refractivity contribution in [2.75, 3.05) is 0 Å². The number of hydrogen-bond acceptors (Lipinski definition) is 7. The van der Waals surface area contributed by atoms with Gasteiger partial charge in [0.1, 0.15) is 5.75 Å². The van der Waals surface area contributed by atoms with E-state index in [2.05, 4.69) is 5.10 Å². The molecular formula is C11H9N5O6. The van der Waals surface area contributed by atoms with Gasteiger partial charge in [0, 0.05) is 10.5 Å². The van der Waals surface area contributed by atoms with E-state index in [0.29, 0.717) is 0 Å². The van der Waals surface area contributed by atoms with E-state index in [-0.39, 0.29) is 11.3 Å². The molecule has 1 heterocycles. The summed E-state index contributed by atoms with van der Waals surface area (Å²) < 4.78 is 0. The molecule has 11 heteroatoms. The van der Waals surface area contributed by atoms with Crippen molar-refractivity contribution in [3.05, 3.63) is 39.9 Å². The maximum atomic E-state index is 11.7. The molecular weight excluding hydrogens is 298 g/mol. The van der Waals surface area contributed by atoms with Crippen LogP contribution in [0.1, 0.15) is 10.4 Å². The van der Waals surface area contributed by atoms with Crippen molar-refractivity contribution < 1.29 is 24.4 Å². The molecule has 1 saturated heterocycles. The minimum Gasteiger partial charge on any atom is -0.508 e. The molecule has 2 rings (SSSR count). The number of nitro groups is 1. The Hall–Kier alpha value is -3.50. The fraction of sp³-hybridized carbons (Fsp3) is 0.0909. The summed E-state index contributed by atoms with van der Waals surface area (Å²) in [5, 5.41) is 27.0. The fourth-order valence-electron chi connectivity index (χ4n) is 1.55. The number of nitrogens with one attached hydrogen (secondary N) is 3. The molecule has 1 aromatic rings. The predicted molar refractivity (Wildman–Crippen MR) is 70.1 cm³/mol. The first-order valence-electron chi connectivity index (χ1n) is 5.81. The second-order valence-corrected chi connectivity index (χ2v) is 4.11. The topological polar surface area (TPSA) is 163 Å². The molecule has 1 aliphatic rings. The maximum absolute atomic E-state index is 11.7. The van der Waals surface area contributed by atoms with Gasteiger partial charge in [-0.05, 0) is 24.3 Å². The minimum absolute atomic E-state index is 0.0273. The average Bonchev–Trinajstić information content (AvgIpc) is 2.44. The Kier molecular flexibility index (Phi) is 3.97. The predicted octanol–water partition coefficient (Wildman–Crippen LogP) is -1.72. The van der Waals surface area contributed by atoms with Crippen LogP contribution < -0.4 is 16.1 Å². The van der Waals surface area contributed by atoms with Gasteiger partial charge in [-0.15, -0.1) is 5.10 Å². The molecule has 1 fully saturated rings. The quantitative estimate of drug-likeness (QED) is 0.295. The summed E-state index contributed by atoms with van der Waals surface area (Å²) in [7, 11) is 0. The van der Waals surface area contributed by atoms with Gasteiger partial charge in [-0.3, -0.25) is 35.1 Å². The molecule has 4 N–H and O–H groups in total. The van der Waals surface area contributed by atoms with Gasteiger partial charge in [-0.2, -0.15) is 0 Å². The summed E-state index contributed by atoms with van der Waals surface area (Å²) in [6.07, 6.45) is 0. The largest absolute Gasteiger partial charge is 0.508 e. The van der Waals surface area contributed by atoms with Crippen molar-refractivity contribution in [2.24, 2.45) is 5.10 Å². The number of amides is 3. The normalized spacial score (nSPS) is 17.3. The van der Waals surface area contributed by atoms with Crippen LogP contribution in [0.2, 0.25) is 0 Å². The van der Waals surface area contributed by atoms with Gasteiger partial charge in [-0.25, -0.2) is 5.43 Å². The second kappa shape index (κ2) is 5.87. The number of benzene rings is 1. The lowest BCUT2D eigenvalue weighted by Gasteiger charge is -2.17. The smallest absolute Gasteiger partial charge is 0.366 e. The number of rotatable bonds is 3. The fourth-order valence-corrected chi connectivity index (χ4v) is 1.55. The lowest BCUT2D eigenvalue weighted by molar-refractivity contribution is -0.494. The van der Waals surface area contributed by atoms with Crippen molar-refractivity contribution in [3.63, 3.8) is 0 Å². The number of phenols is 1. The molecule has 0 saturated carbocycles. The number of carbonyl (C=O) groups is 3. The lowest BCUT2D eigenvalue weighted by Crippen LogP contribution is -2.62. The van der Waals surface area contributed by atoms with Gasteiger partial charge in [0.2, 0.25) is 5.96 Å². The highest BCUT2D eigenvalue weighted by Crippen LogP contribution is 2.09. The van der Waals surface area contributed by atoms with E-state index in [1.54, 1.807) is 0 Å². The third-order valence-electron chi connectivity index (χ3n) is 2.59. The van der Waals surface area contributed by atoms with Crippen LogP contribution >= 0.6 is 0 Å². The first kappa shape index (κ1) is 14.9. The highest BCUT2D eigenvalue weighted by atomic mass is 16.6. The Balaban J connectivity index is 2.04. The Morgan fingerprint density at radius 3 is 2.27 bits per heavy atom. The zero-order valence-corrected chi connectivity index (χ0v) is 10.8. The van der Waals surface area contributed by atoms with E-state index >= 15 is 0 Å². The van der Waals surface area contributed by atoms with Crippen LogP contribution in [0, 0.1) is 10.1 Å². The first-order chi connectivity index (χ1) is 10.4. The van der Waals surface area contributed by atoms with Gasteiger partial charge in [0.05, 0.1) is 0 Å². The van der Waals surface area contributed by atoms with Crippen LogP contribution in [0.4, 0.5) is 0 Å². The highest BCUT2D eigenvalue weighted by molar-refractivity contribution is 6.19. The Labute approximate surface area is 122 Å². The van der Waals surface area contributed by atoms with Gasteiger partial charge in [0.15, 0.2) is 0 Å². The number of hydrazone groups is 1. The van der Waals surface area contributed by atoms with Gasteiger partial charge in [0.25, 0.3) is 5.91 Å². The molecule has 0 aliphatic carbocycles. The maximum Gasteiger partial charge on any atom is 0.366 e. The summed E-state index contributed by atoms with van der Waals surface area (Å²) >= 11 is 0. The van der Waals surface area contributed by atoms with E-state index in [9.17, 15) is 24.5 Å². The van der Waals surface area contributed by atoms with Crippen molar-refractivity contribution in [1.29, 1.82) is 0 Å². The highest BCUT2D eigenvalue weighted by Gasteiger charge is 2.43. The van der Waals surface area contributed by atoms with Crippen LogP contribution in [0.5, 0.6) is 5.75 Å². The number of phenolic OH excluding ortho intramolecular Hbond substituents is 1. The molecule has 0 radical (unpaired) electrons. The van der Waals surface area contributed by atoms with Gasteiger partial charge < -0.3 is 5.11 Å². The molecule has 0 spiro atoms. The van der Waals surface area contributed by atoms with Crippen molar-refractivity contribution in [1.82, 2.24) is 16.1 Å². The van der Waals surface area contributed by atoms with E-state index in [4.69, 9.17) is 5.11 Å². The van der Waals surface area contributed by atoms with Crippen molar-refractivity contribution >= 4 is 23.7 Å². The minimum atomic E-state index is -2.06. The SMILES string of the molecule is O=C(NN=C1NC(=O)C([N+](=O)[O-])C(=O)N1)c1ccc(O)cc1. The zero-order chi connectivity index (χ0) is 16.3.